The van der Waals surface area contributed by atoms with Gasteiger partial charge in [0, 0.05) is 26.2 Å². The van der Waals surface area contributed by atoms with Gasteiger partial charge in [0.05, 0.1) is 0 Å². The van der Waals surface area contributed by atoms with Gasteiger partial charge in [-0.05, 0) is 25.1 Å². The highest BCUT2D eigenvalue weighted by molar-refractivity contribution is 7.80. The summed E-state index contributed by atoms with van der Waals surface area (Å²) in [5.74, 6) is 1.05. The van der Waals surface area contributed by atoms with Crippen molar-refractivity contribution in [1.29, 1.82) is 0 Å². The highest BCUT2D eigenvalue weighted by Crippen LogP contribution is 2.03. The Morgan fingerprint density at radius 1 is 1.00 bits per heavy atom. The molecule has 0 unspecified atom stereocenters. The molecule has 0 aromatic carbocycles. The molecule has 1 fully saturated rings. The van der Waals surface area contributed by atoms with Gasteiger partial charge in [0.15, 0.2) is 0 Å². The summed E-state index contributed by atoms with van der Waals surface area (Å²) in [4.78, 5) is 2.57. The van der Waals surface area contributed by atoms with E-state index in [1.165, 1.54) is 58.4 Å². The van der Waals surface area contributed by atoms with E-state index >= 15 is 0 Å². The largest absolute Gasteiger partial charge is 0.314 e. The standard InChI is InChI=1S/C10H22N2S/c13-10-4-2-1-3-7-12-8-5-11-6-9-12/h11,13H,1-10H2. The van der Waals surface area contributed by atoms with Crippen molar-refractivity contribution in [1.82, 2.24) is 10.2 Å². The molecule has 0 atom stereocenters. The second-order valence-electron chi connectivity index (χ2n) is 3.73. The lowest BCUT2D eigenvalue weighted by molar-refractivity contribution is 0.236. The summed E-state index contributed by atoms with van der Waals surface area (Å²) >= 11 is 4.21. The van der Waals surface area contributed by atoms with Crippen LogP contribution in [0, 0.1) is 0 Å². The molecule has 0 saturated carbocycles. The lowest BCUT2D eigenvalue weighted by Crippen LogP contribution is -2.43. The first-order valence-electron chi connectivity index (χ1n) is 5.47. The van der Waals surface area contributed by atoms with E-state index < -0.39 is 0 Å². The molecule has 3 heteroatoms. The van der Waals surface area contributed by atoms with Crippen molar-refractivity contribution >= 4 is 12.6 Å². The molecule has 1 aliphatic rings. The minimum atomic E-state index is 1.05. The quantitative estimate of drug-likeness (QED) is 0.500. The molecule has 78 valence electrons. The monoisotopic (exact) mass is 202 g/mol. The van der Waals surface area contributed by atoms with Crippen molar-refractivity contribution in [2.75, 3.05) is 38.5 Å². The minimum absolute atomic E-state index is 1.05. The molecule has 0 aromatic rings. The number of rotatable bonds is 6. The van der Waals surface area contributed by atoms with E-state index in [2.05, 4.69) is 22.8 Å². The number of thiol groups is 1. The molecule has 0 amide bonds. The van der Waals surface area contributed by atoms with Crippen LogP contribution in [0.2, 0.25) is 0 Å². The molecule has 1 N–H and O–H groups in total. The molecule has 0 bridgehead atoms. The first-order chi connectivity index (χ1) is 6.43. The maximum Gasteiger partial charge on any atom is 0.0107 e. The van der Waals surface area contributed by atoms with Gasteiger partial charge in [-0.25, -0.2) is 0 Å². The number of unbranched alkanes of at least 4 members (excludes halogenated alkanes) is 3. The molecular formula is C10H22N2S. The van der Waals surface area contributed by atoms with Crippen molar-refractivity contribution in [2.45, 2.75) is 25.7 Å². The summed E-state index contributed by atoms with van der Waals surface area (Å²) in [6.07, 6.45) is 5.39. The molecule has 1 rings (SSSR count). The number of nitrogens with one attached hydrogen (secondary N) is 1. The molecular weight excluding hydrogens is 180 g/mol. The van der Waals surface area contributed by atoms with Crippen LogP contribution in [0.3, 0.4) is 0 Å². The molecule has 0 aromatic heterocycles. The third-order valence-corrected chi connectivity index (χ3v) is 2.91. The average Bonchev–Trinajstić information content (AvgIpc) is 2.19. The third kappa shape index (κ3) is 5.55. The maximum absolute atomic E-state index is 4.21. The molecule has 1 saturated heterocycles. The van der Waals surface area contributed by atoms with Crippen molar-refractivity contribution in [3.05, 3.63) is 0 Å². The number of nitrogens with zero attached hydrogens (tertiary/aromatic N) is 1. The van der Waals surface area contributed by atoms with E-state index in [1.807, 2.05) is 0 Å². The first kappa shape index (κ1) is 11.3. The van der Waals surface area contributed by atoms with Crippen LogP contribution in [0.15, 0.2) is 0 Å². The van der Waals surface area contributed by atoms with Gasteiger partial charge in [0.1, 0.15) is 0 Å². The fraction of sp³-hybridized carbons (Fsp3) is 1.00. The summed E-state index contributed by atoms with van der Waals surface area (Å²) < 4.78 is 0. The van der Waals surface area contributed by atoms with E-state index in [0.29, 0.717) is 0 Å². The lowest BCUT2D eigenvalue weighted by atomic mass is 10.2. The van der Waals surface area contributed by atoms with Crippen LogP contribution in [0.25, 0.3) is 0 Å². The zero-order valence-corrected chi connectivity index (χ0v) is 9.36. The minimum Gasteiger partial charge on any atom is -0.314 e. The SMILES string of the molecule is SCCCCCCN1CCNCC1. The number of hydrogen-bond acceptors (Lipinski definition) is 3. The van der Waals surface area contributed by atoms with Crippen LogP contribution >= 0.6 is 12.6 Å². The fourth-order valence-corrected chi connectivity index (χ4v) is 1.96. The number of piperazine rings is 1. The Kier molecular flexibility index (Phi) is 6.68. The number of hydrogen-bond donors (Lipinski definition) is 2. The second-order valence-corrected chi connectivity index (χ2v) is 4.18. The van der Waals surface area contributed by atoms with Crippen LogP contribution in [-0.4, -0.2) is 43.4 Å². The van der Waals surface area contributed by atoms with Crippen LogP contribution in [0.4, 0.5) is 0 Å². The van der Waals surface area contributed by atoms with Crippen LogP contribution in [0.1, 0.15) is 25.7 Å². The van der Waals surface area contributed by atoms with Crippen LogP contribution in [0.5, 0.6) is 0 Å². The topological polar surface area (TPSA) is 15.3 Å². The summed E-state index contributed by atoms with van der Waals surface area (Å²) in [6, 6.07) is 0. The third-order valence-electron chi connectivity index (χ3n) is 2.59. The summed E-state index contributed by atoms with van der Waals surface area (Å²) in [6.45, 7) is 6.14. The Morgan fingerprint density at radius 2 is 1.69 bits per heavy atom. The Morgan fingerprint density at radius 3 is 2.38 bits per heavy atom. The van der Waals surface area contributed by atoms with Gasteiger partial charge in [-0.1, -0.05) is 12.8 Å². The molecule has 1 heterocycles. The molecule has 0 spiro atoms. The Hall–Kier alpha value is 0.270. The predicted molar refractivity (Wildman–Crippen MR) is 61.6 cm³/mol. The van der Waals surface area contributed by atoms with Crippen molar-refractivity contribution < 1.29 is 0 Å². The Labute approximate surface area is 87.5 Å². The molecule has 0 radical (unpaired) electrons. The van der Waals surface area contributed by atoms with Crippen molar-refractivity contribution in [3.8, 4) is 0 Å². The molecule has 2 nitrogen and oxygen atoms in total. The first-order valence-corrected chi connectivity index (χ1v) is 6.10. The molecule has 13 heavy (non-hydrogen) atoms. The van der Waals surface area contributed by atoms with Gasteiger partial charge in [0.25, 0.3) is 0 Å². The second kappa shape index (κ2) is 7.65. The van der Waals surface area contributed by atoms with Gasteiger partial charge in [0.2, 0.25) is 0 Å². The summed E-state index contributed by atoms with van der Waals surface area (Å²) in [7, 11) is 0. The summed E-state index contributed by atoms with van der Waals surface area (Å²) in [5, 5.41) is 3.37. The zero-order valence-electron chi connectivity index (χ0n) is 8.47. The summed E-state index contributed by atoms with van der Waals surface area (Å²) in [5.41, 5.74) is 0. The normalized spacial score (nSPS) is 19.2. The van der Waals surface area contributed by atoms with E-state index in [1.54, 1.807) is 0 Å². The highest BCUT2D eigenvalue weighted by atomic mass is 32.1. The van der Waals surface area contributed by atoms with Gasteiger partial charge in [-0.3, -0.25) is 0 Å². The molecule has 1 aliphatic heterocycles. The van der Waals surface area contributed by atoms with Gasteiger partial charge < -0.3 is 10.2 Å². The van der Waals surface area contributed by atoms with E-state index in [4.69, 9.17) is 0 Å². The fourth-order valence-electron chi connectivity index (χ4n) is 1.74. The van der Waals surface area contributed by atoms with E-state index in [0.717, 1.165) is 5.75 Å². The van der Waals surface area contributed by atoms with Crippen molar-refractivity contribution in [3.63, 3.8) is 0 Å². The Balaban J connectivity index is 1.86. The average molecular weight is 202 g/mol. The lowest BCUT2D eigenvalue weighted by Gasteiger charge is -2.26. The van der Waals surface area contributed by atoms with E-state index in [9.17, 15) is 0 Å². The van der Waals surface area contributed by atoms with Crippen molar-refractivity contribution in [2.24, 2.45) is 0 Å². The van der Waals surface area contributed by atoms with Gasteiger partial charge in [-0.2, -0.15) is 12.6 Å². The maximum atomic E-state index is 4.21. The van der Waals surface area contributed by atoms with Crippen LogP contribution < -0.4 is 5.32 Å². The predicted octanol–water partition coefficient (Wildman–Crippen LogP) is 1.38. The Bertz CT molecular complexity index is 113. The zero-order chi connectivity index (χ0) is 9.36. The van der Waals surface area contributed by atoms with E-state index in [-0.39, 0.29) is 0 Å². The highest BCUT2D eigenvalue weighted by Gasteiger charge is 2.07. The smallest absolute Gasteiger partial charge is 0.0107 e. The van der Waals surface area contributed by atoms with Gasteiger partial charge in [-0.15, -0.1) is 0 Å². The van der Waals surface area contributed by atoms with Gasteiger partial charge >= 0.3 is 0 Å². The van der Waals surface area contributed by atoms with Crippen LogP contribution in [-0.2, 0) is 0 Å². The molecule has 0 aliphatic carbocycles.